The Hall–Kier alpha value is -3.74. The maximum absolute atomic E-state index is 12.4. The minimum atomic E-state index is -0.157. The Morgan fingerprint density at radius 3 is 2.71 bits per heavy atom. The van der Waals surface area contributed by atoms with Crippen LogP contribution in [-0.4, -0.2) is 33.0 Å². The van der Waals surface area contributed by atoms with Crippen molar-refractivity contribution in [1.82, 2.24) is 25.3 Å². The molecule has 0 fully saturated rings. The molecular weight excluding hydrogens is 354 g/mol. The first kappa shape index (κ1) is 17.7. The van der Waals surface area contributed by atoms with Crippen LogP contribution in [-0.2, 0) is 13.1 Å². The highest BCUT2D eigenvalue weighted by Crippen LogP contribution is 2.17. The molecule has 0 saturated carbocycles. The largest absolute Gasteiger partial charge is 0.497 e. The summed E-state index contributed by atoms with van der Waals surface area (Å²) in [5.74, 6) is 0.657. The Balaban J connectivity index is 1.48. The van der Waals surface area contributed by atoms with Crippen molar-refractivity contribution in [2.45, 2.75) is 13.1 Å². The van der Waals surface area contributed by atoms with Crippen molar-refractivity contribution in [3.05, 3.63) is 83.7 Å². The normalized spacial score (nSPS) is 10.8. The first-order valence-electron chi connectivity index (χ1n) is 8.86. The lowest BCUT2D eigenvalue weighted by molar-refractivity contribution is 0.0951. The van der Waals surface area contributed by atoms with Gasteiger partial charge in [0, 0.05) is 24.5 Å². The third-order valence-electron chi connectivity index (χ3n) is 4.44. The number of fused-ring (bicyclic) bond motifs is 1. The number of hydrogen-bond acceptors (Lipinski definition) is 5. The van der Waals surface area contributed by atoms with Gasteiger partial charge in [-0.1, -0.05) is 23.4 Å². The van der Waals surface area contributed by atoms with Crippen LogP contribution < -0.4 is 10.1 Å². The van der Waals surface area contributed by atoms with Crippen molar-refractivity contribution < 1.29 is 9.53 Å². The van der Waals surface area contributed by atoms with Crippen molar-refractivity contribution in [3.63, 3.8) is 0 Å². The summed E-state index contributed by atoms with van der Waals surface area (Å²) in [7, 11) is 1.64. The quantitative estimate of drug-likeness (QED) is 0.562. The second-order valence-electron chi connectivity index (χ2n) is 6.34. The number of ether oxygens (including phenoxy) is 1. The molecule has 0 bridgehead atoms. The van der Waals surface area contributed by atoms with Gasteiger partial charge in [0.1, 0.15) is 11.3 Å². The average molecular weight is 373 g/mol. The van der Waals surface area contributed by atoms with E-state index in [4.69, 9.17) is 4.74 Å². The van der Waals surface area contributed by atoms with Crippen LogP contribution in [0.3, 0.4) is 0 Å². The Kier molecular flexibility index (Phi) is 4.97. The Labute approximate surface area is 162 Å². The van der Waals surface area contributed by atoms with Crippen molar-refractivity contribution in [2.75, 3.05) is 7.11 Å². The van der Waals surface area contributed by atoms with E-state index in [1.807, 2.05) is 47.1 Å². The van der Waals surface area contributed by atoms with E-state index in [1.54, 1.807) is 31.6 Å². The van der Waals surface area contributed by atoms with Crippen molar-refractivity contribution in [3.8, 4) is 5.75 Å². The van der Waals surface area contributed by atoms with E-state index in [0.717, 1.165) is 22.4 Å². The Morgan fingerprint density at radius 1 is 1.11 bits per heavy atom. The van der Waals surface area contributed by atoms with Gasteiger partial charge in [0.25, 0.3) is 5.91 Å². The number of benzene rings is 2. The van der Waals surface area contributed by atoms with Gasteiger partial charge in [0.05, 0.1) is 19.2 Å². The van der Waals surface area contributed by atoms with Gasteiger partial charge in [0.15, 0.2) is 0 Å². The summed E-state index contributed by atoms with van der Waals surface area (Å²) >= 11 is 0. The number of hydrogen-bond donors (Lipinski definition) is 1. The molecular formula is C21H19N5O2. The molecule has 0 aliphatic heterocycles. The van der Waals surface area contributed by atoms with E-state index in [-0.39, 0.29) is 5.91 Å². The summed E-state index contributed by atoms with van der Waals surface area (Å²) in [4.78, 5) is 16.5. The lowest BCUT2D eigenvalue weighted by Gasteiger charge is -2.06. The fourth-order valence-electron chi connectivity index (χ4n) is 2.92. The summed E-state index contributed by atoms with van der Waals surface area (Å²) in [6, 6.07) is 17.0. The summed E-state index contributed by atoms with van der Waals surface area (Å²) in [6.45, 7) is 1.02. The number of methoxy groups -OCH3 is 1. The summed E-state index contributed by atoms with van der Waals surface area (Å²) < 4.78 is 7.00. The number of carbonyl (C=O) groups excluding carboxylic acids is 1. The standard InChI is InChI=1S/C21H19N5O2/c1-28-18-7-4-15(5-8-18)14-26-20-9-6-17(11-19(20)24-25-26)21(27)23-13-16-3-2-10-22-12-16/h2-12H,13-14H2,1H3,(H,23,27). The summed E-state index contributed by atoms with van der Waals surface area (Å²) in [5, 5.41) is 11.3. The fraction of sp³-hybridized carbons (Fsp3) is 0.143. The van der Waals surface area contributed by atoms with Gasteiger partial charge in [-0.05, 0) is 47.5 Å². The number of aromatic nitrogens is 4. The van der Waals surface area contributed by atoms with Gasteiger partial charge in [-0.15, -0.1) is 5.10 Å². The Morgan fingerprint density at radius 2 is 1.96 bits per heavy atom. The van der Waals surface area contributed by atoms with Crippen LogP contribution in [0.2, 0.25) is 0 Å². The summed E-state index contributed by atoms with van der Waals surface area (Å²) in [6.07, 6.45) is 3.43. The molecule has 0 spiro atoms. The van der Waals surface area contributed by atoms with Crippen LogP contribution in [0.15, 0.2) is 67.0 Å². The third-order valence-corrected chi connectivity index (χ3v) is 4.44. The van der Waals surface area contributed by atoms with Crippen molar-refractivity contribution in [2.24, 2.45) is 0 Å². The number of pyridine rings is 1. The molecule has 0 aliphatic carbocycles. The SMILES string of the molecule is COc1ccc(Cn2nnc3cc(C(=O)NCc4cccnc4)ccc32)cc1. The van der Waals surface area contributed by atoms with Gasteiger partial charge in [-0.25, -0.2) is 4.68 Å². The molecule has 0 unspecified atom stereocenters. The van der Waals surface area contributed by atoms with E-state index in [0.29, 0.717) is 24.2 Å². The van der Waals surface area contributed by atoms with Crippen LogP contribution in [0.1, 0.15) is 21.5 Å². The van der Waals surface area contributed by atoms with E-state index in [2.05, 4.69) is 20.6 Å². The predicted octanol–water partition coefficient (Wildman–Crippen LogP) is 2.81. The minimum absolute atomic E-state index is 0.157. The van der Waals surface area contributed by atoms with Crippen LogP contribution in [0.5, 0.6) is 5.75 Å². The van der Waals surface area contributed by atoms with E-state index in [9.17, 15) is 4.79 Å². The first-order valence-corrected chi connectivity index (χ1v) is 8.86. The van der Waals surface area contributed by atoms with Crippen molar-refractivity contribution >= 4 is 16.9 Å². The molecule has 4 rings (SSSR count). The maximum Gasteiger partial charge on any atom is 0.251 e. The van der Waals surface area contributed by atoms with E-state index in [1.165, 1.54) is 0 Å². The molecule has 7 nitrogen and oxygen atoms in total. The van der Waals surface area contributed by atoms with E-state index < -0.39 is 0 Å². The van der Waals surface area contributed by atoms with Gasteiger partial charge in [-0.3, -0.25) is 9.78 Å². The van der Waals surface area contributed by atoms with Gasteiger partial charge in [0.2, 0.25) is 0 Å². The highest BCUT2D eigenvalue weighted by Gasteiger charge is 2.11. The molecule has 4 aromatic rings. The number of nitrogens with zero attached hydrogens (tertiary/aromatic N) is 4. The molecule has 140 valence electrons. The minimum Gasteiger partial charge on any atom is -0.497 e. The second-order valence-corrected chi connectivity index (χ2v) is 6.34. The molecule has 2 aromatic carbocycles. The fourth-order valence-corrected chi connectivity index (χ4v) is 2.92. The molecule has 28 heavy (non-hydrogen) atoms. The number of rotatable bonds is 6. The van der Waals surface area contributed by atoms with Crippen LogP contribution >= 0.6 is 0 Å². The predicted molar refractivity (Wildman–Crippen MR) is 105 cm³/mol. The zero-order chi connectivity index (χ0) is 19.3. The number of amides is 1. The smallest absolute Gasteiger partial charge is 0.251 e. The zero-order valence-electron chi connectivity index (χ0n) is 15.4. The number of nitrogens with one attached hydrogen (secondary N) is 1. The van der Waals surface area contributed by atoms with E-state index >= 15 is 0 Å². The first-order chi connectivity index (χ1) is 13.7. The van der Waals surface area contributed by atoms with Crippen LogP contribution in [0.4, 0.5) is 0 Å². The molecule has 1 amide bonds. The molecule has 2 aromatic heterocycles. The highest BCUT2D eigenvalue weighted by molar-refractivity contribution is 5.97. The molecule has 7 heteroatoms. The van der Waals surface area contributed by atoms with Crippen molar-refractivity contribution in [1.29, 1.82) is 0 Å². The lowest BCUT2D eigenvalue weighted by atomic mass is 10.1. The maximum atomic E-state index is 12.4. The lowest BCUT2D eigenvalue weighted by Crippen LogP contribution is -2.22. The highest BCUT2D eigenvalue weighted by atomic mass is 16.5. The van der Waals surface area contributed by atoms with Crippen LogP contribution in [0.25, 0.3) is 11.0 Å². The molecule has 0 saturated heterocycles. The average Bonchev–Trinajstić information content (AvgIpc) is 3.15. The van der Waals surface area contributed by atoms with Gasteiger partial charge in [-0.2, -0.15) is 0 Å². The topological polar surface area (TPSA) is 81.9 Å². The molecule has 0 radical (unpaired) electrons. The monoisotopic (exact) mass is 373 g/mol. The third kappa shape index (κ3) is 3.83. The summed E-state index contributed by atoms with van der Waals surface area (Å²) in [5.41, 5.74) is 4.14. The van der Waals surface area contributed by atoms with Gasteiger partial charge < -0.3 is 10.1 Å². The molecule has 2 heterocycles. The molecule has 1 N–H and O–H groups in total. The zero-order valence-corrected chi connectivity index (χ0v) is 15.4. The molecule has 0 atom stereocenters. The van der Waals surface area contributed by atoms with Gasteiger partial charge >= 0.3 is 0 Å². The van der Waals surface area contributed by atoms with Crippen LogP contribution in [0, 0.1) is 0 Å². The number of carbonyl (C=O) groups is 1. The Bertz CT molecular complexity index is 1090. The molecule has 0 aliphatic rings. The second kappa shape index (κ2) is 7.87.